The zero-order chi connectivity index (χ0) is 16.8. The van der Waals surface area contributed by atoms with Crippen LogP contribution in [0.1, 0.15) is 104 Å². The SMILES string of the molecule is CC(C)CNC1CCCCC1C1(NC2CCCCC2)CCCCC1. The van der Waals surface area contributed by atoms with Crippen molar-refractivity contribution in [2.45, 2.75) is 121 Å². The van der Waals surface area contributed by atoms with Crippen molar-refractivity contribution in [1.29, 1.82) is 0 Å². The highest BCUT2D eigenvalue weighted by molar-refractivity contribution is 5.03. The van der Waals surface area contributed by atoms with Crippen LogP contribution in [-0.4, -0.2) is 24.2 Å². The molecule has 3 aliphatic carbocycles. The zero-order valence-electron chi connectivity index (χ0n) is 16.4. The van der Waals surface area contributed by atoms with E-state index in [9.17, 15) is 0 Å². The van der Waals surface area contributed by atoms with E-state index >= 15 is 0 Å². The summed E-state index contributed by atoms with van der Waals surface area (Å²) in [5, 5.41) is 8.31. The lowest BCUT2D eigenvalue weighted by Crippen LogP contribution is -2.62. The first-order valence-electron chi connectivity index (χ1n) is 11.2. The van der Waals surface area contributed by atoms with Crippen molar-refractivity contribution < 1.29 is 0 Å². The normalized spacial score (nSPS) is 32.1. The highest BCUT2D eigenvalue weighted by atomic mass is 15.1. The molecule has 140 valence electrons. The molecule has 2 atom stereocenters. The Kier molecular flexibility index (Phi) is 7.04. The lowest BCUT2D eigenvalue weighted by molar-refractivity contribution is 0.0654. The van der Waals surface area contributed by atoms with E-state index in [4.69, 9.17) is 0 Å². The van der Waals surface area contributed by atoms with Gasteiger partial charge in [0.2, 0.25) is 0 Å². The Bertz CT molecular complexity index is 353. The van der Waals surface area contributed by atoms with Crippen LogP contribution in [0.3, 0.4) is 0 Å². The maximum absolute atomic E-state index is 4.32. The van der Waals surface area contributed by atoms with Gasteiger partial charge in [-0.15, -0.1) is 0 Å². The first-order chi connectivity index (χ1) is 11.7. The Morgan fingerprint density at radius 3 is 2.12 bits per heavy atom. The van der Waals surface area contributed by atoms with Crippen molar-refractivity contribution in [3.05, 3.63) is 0 Å². The molecule has 0 aromatic rings. The Labute approximate surface area is 150 Å². The molecule has 0 heterocycles. The minimum Gasteiger partial charge on any atom is -0.313 e. The second kappa shape index (κ2) is 9.03. The second-order valence-corrected chi connectivity index (χ2v) is 9.50. The van der Waals surface area contributed by atoms with Crippen LogP contribution in [0.25, 0.3) is 0 Å². The van der Waals surface area contributed by atoms with Gasteiger partial charge in [-0.2, -0.15) is 0 Å². The van der Waals surface area contributed by atoms with Gasteiger partial charge in [0.15, 0.2) is 0 Å². The van der Waals surface area contributed by atoms with Crippen LogP contribution in [0, 0.1) is 11.8 Å². The Morgan fingerprint density at radius 1 is 0.792 bits per heavy atom. The van der Waals surface area contributed by atoms with Crippen LogP contribution in [0.5, 0.6) is 0 Å². The van der Waals surface area contributed by atoms with Gasteiger partial charge in [0.1, 0.15) is 0 Å². The van der Waals surface area contributed by atoms with Crippen LogP contribution in [0.4, 0.5) is 0 Å². The van der Waals surface area contributed by atoms with Gasteiger partial charge < -0.3 is 10.6 Å². The Morgan fingerprint density at radius 2 is 1.42 bits per heavy atom. The predicted molar refractivity (Wildman–Crippen MR) is 104 cm³/mol. The van der Waals surface area contributed by atoms with E-state index in [1.165, 1.54) is 96.4 Å². The van der Waals surface area contributed by atoms with Gasteiger partial charge in [-0.1, -0.05) is 65.2 Å². The molecule has 3 saturated carbocycles. The van der Waals surface area contributed by atoms with Crippen molar-refractivity contribution >= 4 is 0 Å². The molecular formula is C22H42N2. The highest BCUT2D eigenvalue weighted by Gasteiger charge is 2.45. The summed E-state index contributed by atoms with van der Waals surface area (Å²) in [7, 11) is 0. The largest absolute Gasteiger partial charge is 0.313 e. The third-order valence-electron chi connectivity index (χ3n) is 7.11. The smallest absolute Gasteiger partial charge is 0.0227 e. The fourth-order valence-corrected chi connectivity index (χ4v) is 5.88. The summed E-state index contributed by atoms with van der Waals surface area (Å²) < 4.78 is 0. The first kappa shape index (κ1) is 18.7. The number of nitrogens with one attached hydrogen (secondary N) is 2. The average molecular weight is 335 g/mol. The van der Waals surface area contributed by atoms with Gasteiger partial charge in [0, 0.05) is 17.6 Å². The average Bonchev–Trinajstić information content (AvgIpc) is 2.62. The van der Waals surface area contributed by atoms with E-state index in [0.717, 1.165) is 23.9 Å². The predicted octanol–water partition coefficient (Wildman–Crippen LogP) is 5.42. The van der Waals surface area contributed by atoms with Crippen LogP contribution in [-0.2, 0) is 0 Å². The van der Waals surface area contributed by atoms with Crippen LogP contribution in [0.15, 0.2) is 0 Å². The lowest BCUT2D eigenvalue weighted by Gasteiger charge is -2.51. The van der Waals surface area contributed by atoms with Gasteiger partial charge in [-0.05, 0) is 56.9 Å². The maximum Gasteiger partial charge on any atom is 0.0227 e. The quantitative estimate of drug-likeness (QED) is 0.678. The molecule has 3 aliphatic rings. The minimum absolute atomic E-state index is 0.454. The molecule has 2 unspecified atom stereocenters. The van der Waals surface area contributed by atoms with E-state index in [-0.39, 0.29) is 0 Å². The summed E-state index contributed by atoms with van der Waals surface area (Å²) in [6, 6.07) is 1.57. The minimum atomic E-state index is 0.454. The number of rotatable bonds is 6. The molecule has 24 heavy (non-hydrogen) atoms. The van der Waals surface area contributed by atoms with Crippen LogP contribution < -0.4 is 10.6 Å². The number of hydrogen-bond acceptors (Lipinski definition) is 2. The fourth-order valence-electron chi connectivity index (χ4n) is 5.88. The summed E-state index contributed by atoms with van der Waals surface area (Å²) in [5.41, 5.74) is 0.454. The molecular weight excluding hydrogens is 292 g/mol. The Balaban J connectivity index is 1.71. The molecule has 0 aromatic heterocycles. The molecule has 0 radical (unpaired) electrons. The van der Waals surface area contributed by atoms with E-state index in [0.29, 0.717) is 5.54 Å². The third kappa shape index (κ3) is 4.75. The first-order valence-corrected chi connectivity index (χ1v) is 11.2. The fraction of sp³-hybridized carbons (Fsp3) is 1.00. The van der Waals surface area contributed by atoms with Gasteiger partial charge in [0.25, 0.3) is 0 Å². The maximum atomic E-state index is 4.32. The number of hydrogen-bond donors (Lipinski definition) is 2. The molecule has 3 rings (SSSR count). The molecule has 0 saturated heterocycles. The molecule has 3 fully saturated rings. The molecule has 2 N–H and O–H groups in total. The summed E-state index contributed by atoms with van der Waals surface area (Å²) in [4.78, 5) is 0. The summed E-state index contributed by atoms with van der Waals surface area (Å²) >= 11 is 0. The molecule has 0 aromatic carbocycles. The summed E-state index contributed by atoms with van der Waals surface area (Å²) in [6.07, 6.45) is 20.2. The lowest BCUT2D eigenvalue weighted by atomic mass is 9.64. The van der Waals surface area contributed by atoms with Crippen molar-refractivity contribution in [2.24, 2.45) is 11.8 Å². The molecule has 0 aliphatic heterocycles. The van der Waals surface area contributed by atoms with Gasteiger partial charge in [0.05, 0.1) is 0 Å². The van der Waals surface area contributed by atoms with Crippen molar-refractivity contribution in [2.75, 3.05) is 6.54 Å². The van der Waals surface area contributed by atoms with E-state index in [1.54, 1.807) is 0 Å². The van der Waals surface area contributed by atoms with E-state index < -0.39 is 0 Å². The molecule has 2 nitrogen and oxygen atoms in total. The van der Waals surface area contributed by atoms with E-state index in [2.05, 4.69) is 24.5 Å². The second-order valence-electron chi connectivity index (χ2n) is 9.50. The van der Waals surface area contributed by atoms with Gasteiger partial charge in [-0.3, -0.25) is 0 Å². The van der Waals surface area contributed by atoms with Crippen molar-refractivity contribution in [1.82, 2.24) is 10.6 Å². The third-order valence-corrected chi connectivity index (χ3v) is 7.11. The highest BCUT2D eigenvalue weighted by Crippen LogP contribution is 2.43. The van der Waals surface area contributed by atoms with Crippen LogP contribution in [0.2, 0.25) is 0 Å². The van der Waals surface area contributed by atoms with Gasteiger partial charge >= 0.3 is 0 Å². The van der Waals surface area contributed by atoms with Gasteiger partial charge in [-0.25, -0.2) is 0 Å². The van der Waals surface area contributed by atoms with E-state index in [1.807, 2.05) is 0 Å². The topological polar surface area (TPSA) is 24.1 Å². The molecule has 0 bridgehead atoms. The molecule has 0 amide bonds. The van der Waals surface area contributed by atoms with Crippen molar-refractivity contribution in [3.63, 3.8) is 0 Å². The monoisotopic (exact) mass is 334 g/mol. The van der Waals surface area contributed by atoms with Crippen LogP contribution >= 0.6 is 0 Å². The standard InChI is InChI=1S/C22H42N2/c1-18(2)17-23-21-14-8-7-13-20(21)22(15-9-4-10-16-22)24-19-11-5-3-6-12-19/h18-21,23-24H,3-17H2,1-2H3. The Hall–Kier alpha value is -0.0800. The summed E-state index contributed by atoms with van der Waals surface area (Å²) in [6.45, 7) is 5.89. The molecule has 2 heteroatoms. The molecule has 0 spiro atoms. The zero-order valence-corrected chi connectivity index (χ0v) is 16.4. The van der Waals surface area contributed by atoms with Crippen molar-refractivity contribution in [3.8, 4) is 0 Å². The summed E-state index contributed by atoms with van der Waals surface area (Å²) in [5.74, 6) is 1.63.